The van der Waals surface area contributed by atoms with Crippen LogP contribution in [0.25, 0.3) is 0 Å². The van der Waals surface area contributed by atoms with Crippen LogP contribution in [-0.4, -0.2) is 25.8 Å². The standard InChI is InChI=1S/C12H18F2N2O2S/c1-7(2)8(3)16(4)19(17,18)11-6-9(15)5-10(13)12(11)14/h5-8H,15H2,1-4H3. The molecule has 0 radical (unpaired) electrons. The first-order valence-electron chi connectivity index (χ1n) is 5.81. The lowest BCUT2D eigenvalue weighted by Gasteiger charge is -2.27. The van der Waals surface area contributed by atoms with E-state index >= 15 is 0 Å². The second kappa shape index (κ2) is 5.42. The molecule has 1 rings (SSSR count). The van der Waals surface area contributed by atoms with Crippen molar-refractivity contribution in [1.82, 2.24) is 4.31 Å². The highest BCUT2D eigenvalue weighted by Crippen LogP contribution is 2.26. The number of nitrogens with two attached hydrogens (primary N) is 1. The van der Waals surface area contributed by atoms with E-state index in [0.717, 1.165) is 16.4 Å². The van der Waals surface area contributed by atoms with Crippen LogP contribution in [0.3, 0.4) is 0 Å². The maximum atomic E-state index is 13.7. The molecule has 0 saturated heterocycles. The summed E-state index contributed by atoms with van der Waals surface area (Å²) in [5.41, 5.74) is 5.24. The Kier molecular flexibility index (Phi) is 4.52. The average molecular weight is 292 g/mol. The van der Waals surface area contributed by atoms with Crippen molar-refractivity contribution in [3.05, 3.63) is 23.8 Å². The van der Waals surface area contributed by atoms with Crippen molar-refractivity contribution >= 4 is 15.7 Å². The smallest absolute Gasteiger partial charge is 0.246 e. The van der Waals surface area contributed by atoms with Crippen LogP contribution in [0.2, 0.25) is 0 Å². The van der Waals surface area contributed by atoms with E-state index in [1.165, 1.54) is 7.05 Å². The molecular weight excluding hydrogens is 274 g/mol. The zero-order valence-electron chi connectivity index (χ0n) is 11.3. The highest BCUT2D eigenvalue weighted by molar-refractivity contribution is 7.89. The van der Waals surface area contributed by atoms with Crippen LogP contribution in [0.4, 0.5) is 14.5 Å². The van der Waals surface area contributed by atoms with Crippen LogP contribution < -0.4 is 5.73 Å². The second-order valence-corrected chi connectivity index (χ2v) is 6.79. The molecule has 4 nitrogen and oxygen atoms in total. The van der Waals surface area contributed by atoms with E-state index in [1.807, 2.05) is 13.8 Å². The van der Waals surface area contributed by atoms with Gasteiger partial charge in [0.05, 0.1) is 0 Å². The molecule has 0 aliphatic rings. The molecule has 0 heterocycles. The van der Waals surface area contributed by atoms with Gasteiger partial charge in [0.1, 0.15) is 4.90 Å². The topological polar surface area (TPSA) is 63.4 Å². The average Bonchev–Trinajstić information content (AvgIpc) is 2.31. The van der Waals surface area contributed by atoms with Crippen LogP contribution in [-0.2, 0) is 10.0 Å². The van der Waals surface area contributed by atoms with Gasteiger partial charge in [0.2, 0.25) is 10.0 Å². The van der Waals surface area contributed by atoms with Crippen molar-refractivity contribution in [1.29, 1.82) is 0 Å². The molecule has 108 valence electrons. The van der Waals surface area contributed by atoms with Crippen molar-refractivity contribution in [2.24, 2.45) is 5.92 Å². The minimum Gasteiger partial charge on any atom is -0.399 e. The van der Waals surface area contributed by atoms with Crippen molar-refractivity contribution in [2.75, 3.05) is 12.8 Å². The summed E-state index contributed by atoms with van der Waals surface area (Å²) in [6.45, 7) is 5.38. The summed E-state index contributed by atoms with van der Waals surface area (Å²) in [6, 6.07) is 1.33. The molecule has 19 heavy (non-hydrogen) atoms. The van der Waals surface area contributed by atoms with Crippen LogP contribution in [0, 0.1) is 17.6 Å². The summed E-state index contributed by atoms with van der Waals surface area (Å²) in [4.78, 5) is -0.736. The molecular formula is C12H18F2N2O2S. The molecule has 1 unspecified atom stereocenters. The summed E-state index contributed by atoms with van der Waals surface area (Å²) in [5.74, 6) is -2.64. The molecule has 0 fully saturated rings. The third-order valence-corrected chi connectivity index (χ3v) is 5.16. The summed E-state index contributed by atoms with van der Waals surface area (Å²) in [5, 5.41) is 0. The largest absolute Gasteiger partial charge is 0.399 e. The van der Waals surface area contributed by atoms with E-state index in [-0.39, 0.29) is 17.6 Å². The summed E-state index contributed by atoms with van der Waals surface area (Å²) >= 11 is 0. The Morgan fingerprint density at radius 1 is 1.21 bits per heavy atom. The number of halogens is 2. The van der Waals surface area contributed by atoms with Crippen molar-refractivity contribution < 1.29 is 17.2 Å². The van der Waals surface area contributed by atoms with Gasteiger partial charge in [0.25, 0.3) is 0 Å². The van der Waals surface area contributed by atoms with Gasteiger partial charge in [-0.3, -0.25) is 0 Å². The first kappa shape index (κ1) is 15.8. The molecule has 0 bridgehead atoms. The van der Waals surface area contributed by atoms with Gasteiger partial charge in [-0.05, 0) is 25.0 Å². The maximum Gasteiger partial charge on any atom is 0.246 e. The van der Waals surface area contributed by atoms with Gasteiger partial charge in [-0.2, -0.15) is 4.31 Å². The van der Waals surface area contributed by atoms with Gasteiger partial charge in [0, 0.05) is 18.8 Å². The Labute approximate surface area is 112 Å². The fourth-order valence-corrected chi connectivity index (χ4v) is 3.17. The molecule has 0 amide bonds. The summed E-state index contributed by atoms with van der Waals surface area (Å²) < 4.78 is 52.5. The molecule has 0 saturated carbocycles. The van der Waals surface area contributed by atoms with Gasteiger partial charge in [-0.15, -0.1) is 0 Å². The minimum atomic E-state index is -4.12. The summed E-state index contributed by atoms with van der Waals surface area (Å²) in [6.07, 6.45) is 0. The Bertz CT molecular complexity index is 573. The van der Waals surface area contributed by atoms with Crippen LogP contribution in [0.15, 0.2) is 17.0 Å². The number of nitrogen functional groups attached to an aromatic ring is 1. The predicted octanol–water partition coefficient (Wildman–Crippen LogP) is 2.21. The Hall–Kier alpha value is -1.21. The van der Waals surface area contributed by atoms with Gasteiger partial charge < -0.3 is 5.73 Å². The van der Waals surface area contributed by atoms with E-state index in [0.29, 0.717) is 0 Å². The fraction of sp³-hybridized carbons (Fsp3) is 0.500. The van der Waals surface area contributed by atoms with Crippen LogP contribution in [0.5, 0.6) is 0 Å². The SMILES string of the molecule is CC(C)C(C)N(C)S(=O)(=O)c1cc(N)cc(F)c1F. The monoisotopic (exact) mass is 292 g/mol. The third-order valence-electron chi connectivity index (χ3n) is 3.21. The van der Waals surface area contributed by atoms with Crippen molar-refractivity contribution in [3.63, 3.8) is 0 Å². The fourth-order valence-electron chi connectivity index (χ4n) is 1.57. The molecule has 7 heteroatoms. The van der Waals surface area contributed by atoms with E-state index < -0.39 is 26.6 Å². The first-order valence-corrected chi connectivity index (χ1v) is 7.25. The van der Waals surface area contributed by atoms with E-state index in [4.69, 9.17) is 5.73 Å². The zero-order chi connectivity index (χ0) is 15.0. The van der Waals surface area contributed by atoms with Crippen LogP contribution in [0.1, 0.15) is 20.8 Å². The van der Waals surface area contributed by atoms with Gasteiger partial charge in [-0.25, -0.2) is 17.2 Å². The summed E-state index contributed by atoms with van der Waals surface area (Å²) in [7, 11) is -2.79. The predicted molar refractivity (Wildman–Crippen MR) is 70.0 cm³/mol. The Morgan fingerprint density at radius 3 is 2.21 bits per heavy atom. The van der Waals surface area contributed by atoms with Crippen LogP contribution >= 0.6 is 0 Å². The number of rotatable bonds is 4. The molecule has 1 aromatic carbocycles. The van der Waals surface area contributed by atoms with Crippen molar-refractivity contribution in [3.8, 4) is 0 Å². The van der Waals surface area contributed by atoms with E-state index in [1.54, 1.807) is 6.92 Å². The lowest BCUT2D eigenvalue weighted by molar-refractivity contribution is 0.314. The van der Waals surface area contributed by atoms with Crippen molar-refractivity contribution in [2.45, 2.75) is 31.7 Å². The molecule has 1 atom stereocenters. The molecule has 0 aromatic heterocycles. The lowest BCUT2D eigenvalue weighted by atomic mass is 10.1. The van der Waals surface area contributed by atoms with E-state index in [9.17, 15) is 17.2 Å². The van der Waals surface area contributed by atoms with Gasteiger partial charge in [0.15, 0.2) is 11.6 Å². The molecule has 0 spiro atoms. The molecule has 1 aromatic rings. The third kappa shape index (κ3) is 3.03. The quantitative estimate of drug-likeness (QED) is 0.865. The Morgan fingerprint density at radius 2 is 1.74 bits per heavy atom. The Balaban J connectivity index is 3.36. The maximum absolute atomic E-state index is 13.7. The number of hydrogen-bond acceptors (Lipinski definition) is 3. The number of sulfonamides is 1. The zero-order valence-corrected chi connectivity index (χ0v) is 12.1. The molecule has 0 aliphatic carbocycles. The highest BCUT2D eigenvalue weighted by atomic mass is 32.2. The number of nitrogens with zero attached hydrogens (tertiary/aromatic N) is 1. The highest BCUT2D eigenvalue weighted by Gasteiger charge is 2.31. The van der Waals surface area contributed by atoms with Gasteiger partial charge >= 0.3 is 0 Å². The lowest BCUT2D eigenvalue weighted by Crippen LogP contribution is -2.38. The van der Waals surface area contributed by atoms with Gasteiger partial charge in [-0.1, -0.05) is 13.8 Å². The second-order valence-electron chi connectivity index (χ2n) is 4.82. The molecule has 2 N–H and O–H groups in total. The number of hydrogen-bond donors (Lipinski definition) is 1. The molecule has 0 aliphatic heterocycles. The normalized spacial score (nSPS) is 14.1. The van der Waals surface area contributed by atoms with E-state index in [2.05, 4.69) is 0 Å². The number of anilines is 1. The number of benzene rings is 1. The minimum absolute atomic E-state index is 0.0359. The first-order chi connectivity index (χ1) is 8.59.